The summed E-state index contributed by atoms with van der Waals surface area (Å²) in [5, 5.41) is 23.9. The summed E-state index contributed by atoms with van der Waals surface area (Å²) in [6, 6.07) is 24.0. The molecule has 0 saturated carbocycles. The van der Waals surface area contributed by atoms with E-state index >= 15 is 0 Å². The van der Waals surface area contributed by atoms with Crippen LogP contribution in [0.5, 0.6) is 5.75 Å². The van der Waals surface area contributed by atoms with Crippen LogP contribution in [0.4, 0.5) is 5.69 Å². The minimum atomic E-state index is -0.922. The summed E-state index contributed by atoms with van der Waals surface area (Å²) < 4.78 is 11.3. The highest BCUT2D eigenvalue weighted by Crippen LogP contribution is 2.30. The fourth-order valence-corrected chi connectivity index (χ4v) is 8.95. The van der Waals surface area contributed by atoms with Crippen molar-refractivity contribution in [3.8, 4) is 16.2 Å². The molecule has 0 radical (unpaired) electrons. The number of likely N-dealkylation sites (tertiary alicyclic amines) is 1. The molecule has 1 saturated heterocycles. The lowest BCUT2D eigenvalue weighted by molar-refractivity contribution is -0.144. The number of hydrogen-bond donors (Lipinski definition) is 5. The molecule has 4 aromatic carbocycles. The number of allylic oxidation sites excluding steroid dienone is 1. The number of nitrogens with one attached hydrogen (secondary N) is 4. The summed E-state index contributed by atoms with van der Waals surface area (Å²) in [7, 11) is 0. The van der Waals surface area contributed by atoms with Crippen LogP contribution < -0.4 is 26.0 Å². The van der Waals surface area contributed by atoms with E-state index in [0.29, 0.717) is 37.2 Å². The number of β-amino-alcohol motifs (C(OH)–C–C–N with tert-alkyl or cyclic N) is 1. The number of fused-ring (bicyclic) bond motifs is 1. The Balaban J connectivity index is 0.901. The second-order valence-corrected chi connectivity index (χ2v) is 20.8. The van der Waals surface area contributed by atoms with E-state index in [2.05, 4.69) is 26.3 Å². The Bertz CT molecular complexity index is 2750. The normalized spacial score (nSPS) is 15.5. The molecule has 0 spiro atoms. The smallest absolute Gasteiger partial charge is 0.340 e. The van der Waals surface area contributed by atoms with Gasteiger partial charge in [0.15, 0.2) is 6.61 Å². The summed E-state index contributed by atoms with van der Waals surface area (Å²) in [5.41, 5.74) is 5.51. The molecule has 0 bridgehead atoms. The number of thiazole rings is 1. The van der Waals surface area contributed by atoms with Crippen LogP contribution in [0, 0.1) is 12.3 Å². The molecule has 5 N–H and O–H groups in total. The van der Waals surface area contributed by atoms with E-state index < -0.39 is 41.1 Å². The summed E-state index contributed by atoms with van der Waals surface area (Å²) in [6.45, 7) is 15.1. The number of nitrogens with zero attached hydrogens (tertiary/aromatic N) is 2. The van der Waals surface area contributed by atoms with Crippen molar-refractivity contribution in [2.45, 2.75) is 118 Å². The minimum absolute atomic E-state index is 0.0104. The number of aliphatic hydroxyl groups is 1. The maximum absolute atomic E-state index is 14.0. The van der Waals surface area contributed by atoms with Gasteiger partial charge in [0.25, 0.3) is 5.91 Å². The topological polar surface area (TPSA) is 205 Å². The van der Waals surface area contributed by atoms with E-state index in [-0.39, 0.29) is 61.7 Å². The molecule has 2 heterocycles. The maximum atomic E-state index is 14.0. The Labute approximate surface area is 419 Å². The summed E-state index contributed by atoms with van der Waals surface area (Å²) in [4.78, 5) is 85.8. The average molecular weight is 987 g/mol. The lowest BCUT2D eigenvalue weighted by atomic mass is 9.85. The van der Waals surface area contributed by atoms with E-state index in [4.69, 9.17) is 9.47 Å². The van der Waals surface area contributed by atoms with Gasteiger partial charge >= 0.3 is 5.97 Å². The largest absolute Gasteiger partial charge is 0.484 e. The standard InChI is InChI=1S/C55H66N6O9S/c1-34(26-47(64)59-44-15-12-11-14-43(44)53(68)70-55(6,7)8)38-21-22-40-28-42(24-23-39(40)27-38)69-32-48(65)56-25-13-9-10-16-46(63)60-50(54(3,4)5)52(67)61-31-41(62)29-45(61)51(66)57-30-36-17-19-37(20-18-36)49-35(2)58-33-71-49/h11-12,14-15,17-24,26-28,33,41,45,50,62H,9-10,13,16,25,29-32H2,1-8H3,(H,56,65)(H,57,66)(H,59,64)(H,60,63)/b34-26+/t41-,45+,50+/m1/s1. The molecule has 1 aliphatic rings. The molecule has 15 nitrogen and oxygen atoms in total. The van der Waals surface area contributed by atoms with Gasteiger partial charge in [-0.3, -0.25) is 24.0 Å². The molecular weight excluding hydrogens is 921 g/mol. The van der Waals surface area contributed by atoms with Crippen LogP contribution in [-0.4, -0.2) is 94.0 Å². The highest BCUT2D eigenvalue weighted by atomic mass is 32.1. The van der Waals surface area contributed by atoms with Crippen LogP contribution in [0.15, 0.2) is 96.5 Å². The van der Waals surface area contributed by atoms with E-state index in [1.807, 2.05) is 94.7 Å². The molecule has 5 amide bonds. The van der Waals surface area contributed by atoms with Crippen molar-refractivity contribution in [2.24, 2.45) is 5.41 Å². The lowest BCUT2D eigenvalue weighted by Gasteiger charge is -2.35. The molecule has 0 aliphatic carbocycles. The summed E-state index contributed by atoms with van der Waals surface area (Å²) in [6.07, 6.45) is 2.70. The number of benzene rings is 4. The highest BCUT2D eigenvalue weighted by molar-refractivity contribution is 7.13. The molecule has 376 valence electrons. The van der Waals surface area contributed by atoms with Gasteiger partial charge in [-0.05, 0) is 116 Å². The Hall–Kier alpha value is -6.91. The third-order valence-corrected chi connectivity index (χ3v) is 12.9. The van der Waals surface area contributed by atoms with Crippen LogP contribution in [0.2, 0.25) is 0 Å². The quantitative estimate of drug-likeness (QED) is 0.0305. The number of amides is 5. The van der Waals surface area contributed by atoms with Gasteiger partial charge in [0, 0.05) is 38.6 Å². The lowest BCUT2D eigenvalue weighted by Crippen LogP contribution is -2.57. The second-order valence-electron chi connectivity index (χ2n) is 20.0. The Morgan fingerprint density at radius 2 is 1.59 bits per heavy atom. The Morgan fingerprint density at radius 3 is 2.30 bits per heavy atom. The minimum Gasteiger partial charge on any atom is -0.484 e. The van der Waals surface area contributed by atoms with Crippen LogP contribution in [0.3, 0.4) is 0 Å². The van der Waals surface area contributed by atoms with Crippen LogP contribution in [0.25, 0.3) is 26.8 Å². The van der Waals surface area contributed by atoms with Gasteiger partial charge in [-0.1, -0.05) is 81.8 Å². The van der Waals surface area contributed by atoms with E-state index in [1.54, 1.807) is 62.4 Å². The van der Waals surface area contributed by atoms with Gasteiger partial charge in [-0.25, -0.2) is 9.78 Å². The molecule has 5 aromatic rings. The first-order valence-electron chi connectivity index (χ1n) is 24.0. The molecule has 6 rings (SSSR count). The predicted molar refractivity (Wildman–Crippen MR) is 276 cm³/mol. The zero-order valence-corrected chi connectivity index (χ0v) is 42.7. The molecule has 1 aliphatic heterocycles. The van der Waals surface area contributed by atoms with E-state index in [0.717, 1.165) is 43.6 Å². The average Bonchev–Trinajstić information content (AvgIpc) is 3.94. The number of unbranched alkanes of at least 4 members (excludes halogenated alkanes) is 2. The number of aliphatic hydroxyl groups excluding tert-OH is 1. The van der Waals surface area contributed by atoms with E-state index in [9.17, 15) is 33.9 Å². The number of hydrogen-bond acceptors (Lipinski definition) is 11. The number of esters is 1. The van der Waals surface area contributed by atoms with Gasteiger partial charge in [0.2, 0.25) is 23.6 Å². The number of para-hydroxylation sites is 1. The van der Waals surface area contributed by atoms with Gasteiger partial charge < -0.3 is 40.7 Å². The molecule has 16 heteroatoms. The Morgan fingerprint density at radius 1 is 0.873 bits per heavy atom. The van der Waals surface area contributed by atoms with Gasteiger partial charge in [-0.2, -0.15) is 0 Å². The monoisotopic (exact) mass is 986 g/mol. The number of carbonyl (C=O) groups excluding carboxylic acids is 6. The van der Waals surface area contributed by atoms with Crippen LogP contribution in [0.1, 0.15) is 108 Å². The number of aryl methyl sites for hydroxylation is 1. The maximum Gasteiger partial charge on any atom is 0.340 e. The third-order valence-electron chi connectivity index (χ3n) is 11.9. The van der Waals surface area contributed by atoms with Crippen molar-refractivity contribution in [2.75, 3.05) is 25.0 Å². The Kier molecular flexibility index (Phi) is 17.9. The molecule has 71 heavy (non-hydrogen) atoms. The van der Waals surface area contributed by atoms with Crippen molar-refractivity contribution in [3.05, 3.63) is 119 Å². The van der Waals surface area contributed by atoms with Crippen molar-refractivity contribution in [1.82, 2.24) is 25.8 Å². The second kappa shape index (κ2) is 23.8. The summed E-state index contributed by atoms with van der Waals surface area (Å²) in [5.74, 6) is -1.76. The molecule has 3 atom stereocenters. The van der Waals surface area contributed by atoms with Crippen molar-refractivity contribution in [3.63, 3.8) is 0 Å². The van der Waals surface area contributed by atoms with Gasteiger partial charge in [0.1, 0.15) is 23.4 Å². The molecule has 0 unspecified atom stereocenters. The fourth-order valence-electron chi connectivity index (χ4n) is 8.14. The predicted octanol–water partition coefficient (Wildman–Crippen LogP) is 8.13. The molecule has 1 aromatic heterocycles. The summed E-state index contributed by atoms with van der Waals surface area (Å²) >= 11 is 1.57. The highest BCUT2D eigenvalue weighted by Gasteiger charge is 2.44. The number of anilines is 1. The number of aromatic nitrogens is 1. The van der Waals surface area contributed by atoms with Gasteiger partial charge in [0.05, 0.1) is 33.4 Å². The van der Waals surface area contributed by atoms with Crippen molar-refractivity contribution in [1.29, 1.82) is 0 Å². The zero-order valence-electron chi connectivity index (χ0n) is 41.8. The first-order chi connectivity index (χ1) is 33.6. The molecular formula is C55H66N6O9S. The van der Waals surface area contributed by atoms with Crippen LogP contribution >= 0.6 is 11.3 Å². The number of carbonyl (C=O) groups is 6. The van der Waals surface area contributed by atoms with Crippen molar-refractivity contribution < 1.29 is 43.3 Å². The number of rotatable bonds is 19. The number of ether oxygens (including phenoxy) is 2. The first kappa shape index (κ1) is 53.4. The van der Waals surface area contributed by atoms with Crippen molar-refractivity contribution >= 4 is 68.9 Å². The first-order valence-corrected chi connectivity index (χ1v) is 24.8. The molecule has 1 fully saturated rings. The zero-order chi connectivity index (χ0) is 51.5. The van der Waals surface area contributed by atoms with Crippen LogP contribution in [-0.2, 0) is 35.3 Å². The SMILES string of the molecule is C/C(=C\C(=O)Nc1ccccc1C(=O)OC(C)(C)C)c1ccc2cc(OCC(=O)NCCCCCC(=O)N[C@@H](C(=O)N3C[C@H](O)C[C@H]3C(=O)NCc3ccc(-c4scnc4C)cc3)C(C)(C)C)ccc2c1. The third kappa shape index (κ3) is 15.3. The van der Waals surface area contributed by atoms with Gasteiger partial charge in [-0.15, -0.1) is 11.3 Å². The fraction of sp³-hybridized carbons (Fsp3) is 0.400. The van der Waals surface area contributed by atoms with E-state index in [1.165, 1.54) is 11.0 Å².